The van der Waals surface area contributed by atoms with Crippen molar-refractivity contribution in [3.8, 4) is 0 Å². The van der Waals surface area contributed by atoms with Crippen molar-refractivity contribution in [1.29, 1.82) is 0 Å². The second-order valence-corrected chi connectivity index (χ2v) is 11.9. The fourth-order valence-electron chi connectivity index (χ4n) is 7.15. The Morgan fingerprint density at radius 3 is 2.16 bits per heavy atom. The molecule has 0 bridgehead atoms. The summed E-state index contributed by atoms with van der Waals surface area (Å²) in [6.45, 7) is 8.68. The predicted molar refractivity (Wildman–Crippen MR) is 143 cm³/mol. The molecule has 2 aromatic carbocycles. The fourth-order valence-corrected chi connectivity index (χ4v) is 7.15. The van der Waals surface area contributed by atoms with Crippen LogP contribution in [0.3, 0.4) is 0 Å². The molecule has 2 aliphatic carbocycles. The molecular weight excluding hydrogens is 462 g/mol. The SMILES string of the molecule is Cc1cccc(C)c1C(=O)N1CC2CN(CCC(NC(=O)OC3C[C@@H]4C[C@@H]4C3)c3ccccc3)C[C@H]2C1. The Morgan fingerprint density at radius 1 is 0.865 bits per heavy atom. The van der Waals surface area contributed by atoms with E-state index in [-0.39, 0.29) is 24.1 Å². The predicted octanol–water partition coefficient (Wildman–Crippen LogP) is 4.96. The van der Waals surface area contributed by atoms with Crippen LogP contribution in [0.1, 0.15) is 58.8 Å². The molecular formula is C31H39N3O3. The second-order valence-electron chi connectivity index (χ2n) is 11.9. The maximum Gasteiger partial charge on any atom is 0.407 e. The maximum absolute atomic E-state index is 13.3. The summed E-state index contributed by atoms with van der Waals surface area (Å²) in [5.41, 5.74) is 4.12. The van der Waals surface area contributed by atoms with Gasteiger partial charge in [-0.05, 0) is 79.9 Å². The molecule has 0 aromatic heterocycles. The summed E-state index contributed by atoms with van der Waals surface area (Å²) in [6, 6.07) is 16.3. The van der Waals surface area contributed by atoms with Crippen molar-refractivity contribution in [2.45, 2.75) is 51.7 Å². The summed E-state index contributed by atoms with van der Waals surface area (Å²) >= 11 is 0. The Kier molecular flexibility index (Phi) is 6.70. The highest BCUT2D eigenvalue weighted by Crippen LogP contribution is 2.52. The van der Waals surface area contributed by atoms with Crippen molar-refractivity contribution < 1.29 is 14.3 Å². The molecule has 0 spiro atoms. The maximum atomic E-state index is 13.3. The van der Waals surface area contributed by atoms with E-state index in [0.29, 0.717) is 11.8 Å². The van der Waals surface area contributed by atoms with Crippen LogP contribution in [0.5, 0.6) is 0 Å². The van der Waals surface area contributed by atoms with Crippen molar-refractivity contribution in [2.24, 2.45) is 23.7 Å². The van der Waals surface area contributed by atoms with Gasteiger partial charge >= 0.3 is 6.09 Å². The van der Waals surface area contributed by atoms with Crippen molar-refractivity contribution >= 4 is 12.0 Å². The van der Waals surface area contributed by atoms with Gasteiger partial charge in [-0.3, -0.25) is 4.79 Å². The lowest BCUT2D eigenvalue weighted by atomic mass is 10.0. The third-order valence-corrected chi connectivity index (χ3v) is 9.25. The molecule has 196 valence electrons. The van der Waals surface area contributed by atoms with Gasteiger partial charge < -0.3 is 19.9 Å². The summed E-state index contributed by atoms with van der Waals surface area (Å²) in [6.07, 6.45) is 4.05. The van der Waals surface area contributed by atoms with E-state index in [4.69, 9.17) is 4.74 Å². The summed E-state index contributed by atoms with van der Waals surface area (Å²) < 4.78 is 5.78. The molecule has 6 atom stereocenters. The van der Waals surface area contributed by atoms with E-state index in [0.717, 1.165) is 86.1 Å². The summed E-state index contributed by atoms with van der Waals surface area (Å²) in [5, 5.41) is 3.17. The van der Waals surface area contributed by atoms with E-state index in [2.05, 4.69) is 27.2 Å². The van der Waals surface area contributed by atoms with Gasteiger partial charge in [-0.15, -0.1) is 0 Å². The smallest absolute Gasteiger partial charge is 0.407 e. The van der Waals surface area contributed by atoms with Crippen LogP contribution in [0.2, 0.25) is 0 Å². The van der Waals surface area contributed by atoms with Gasteiger partial charge in [0.1, 0.15) is 6.10 Å². The van der Waals surface area contributed by atoms with Gasteiger partial charge in [0, 0.05) is 38.3 Å². The molecule has 1 N–H and O–H groups in total. The number of ether oxygens (including phenoxy) is 1. The number of rotatable bonds is 7. The van der Waals surface area contributed by atoms with Gasteiger partial charge in [-0.25, -0.2) is 4.79 Å². The number of fused-ring (bicyclic) bond motifs is 2. The molecule has 2 saturated heterocycles. The Bertz CT molecular complexity index is 1110. The normalized spacial score (nSPS) is 29.0. The molecule has 3 unspecified atom stereocenters. The van der Waals surface area contributed by atoms with E-state index in [1.807, 2.05) is 50.2 Å². The van der Waals surface area contributed by atoms with E-state index in [9.17, 15) is 9.59 Å². The Balaban J connectivity index is 1.02. The number of amides is 2. The van der Waals surface area contributed by atoms with Crippen molar-refractivity contribution in [3.63, 3.8) is 0 Å². The van der Waals surface area contributed by atoms with Crippen LogP contribution in [0.25, 0.3) is 0 Å². The van der Waals surface area contributed by atoms with Crippen LogP contribution in [0.15, 0.2) is 48.5 Å². The van der Waals surface area contributed by atoms with E-state index < -0.39 is 0 Å². The third-order valence-electron chi connectivity index (χ3n) is 9.25. The summed E-state index contributed by atoms with van der Waals surface area (Å²) in [4.78, 5) is 30.6. The minimum Gasteiger partial charge on any atom is -0.446 e. The molecule has 4 fully saturated rings. The van der Waals surface area contributed by atoms with Gasteiger partial charge in [0.15, 0.2) is 0 Å². The molecule has 2 aromatic rings. The number of carbonyl (C=O) groups excluding carboxylic acids is 2. The standard InChI is InChI=1S/C31H39N3O3/c1-20-7-6-8-21(2)29(20)30(35)34-18-25-16-33(17-26(25)19-34)12-11-28(22-9-4-3-5-10-22)32-31(36)37-27-14-23-13-24(23)15-27/h3-10,23-28H,11-19H2,1-2H3,(H,32,36)/t23-,24+,25-,26?,27?,28?/m0/s1. The van der Waals surface area contributed by atoms with Crippen LogP contribution in [-0.4, -0.2) is 60.6 Å². The van der Waals surface area contributed by atoms with Crippen LogP contribution in [-0.2, 0) is 4.74 Å². The van der Waals surface area contributed by atoms with E-state index >= 15 is 0 Å². The number of carbonyl (C=O) groups is 2. The monoisotopic (exact) mass is 501 g/mol. The fraction of sp³-hybridized carbons (Fsp3) is 0.548. The first-order chi connectivity index (χ1) is 17.9. The van der Waals surface area contributed by atoms with Crippen LogP contribution >= 0.6 is 0 Å². The number of likely N-dealkylation sites (tertiary alicyclic amines) is 2. The first-order valence-electron chi connectivity index (χ1n) is 14.0. The third kappa shape index (κ3) is 5.26. The lowest BCUT2D eigenvalue weighted by molar-refractivity contribution is 0.0772. The van der Waals surface area contributed by atoms with Gasteiger partial charge in [0.25, 0.3) is 5.91 Å². The number of nitrogens with one attached hydrogen (secondary N) is 1. The quantitative estimate of drug-likeness (QED) is 0.582. The zero-order valence-corrected chi connectivity index (χ0v) is 22.1. The Hall–Kier alpha value is -2.86. The zero-order valence-electron chi connectivity index (χ0n) is 22.1. The number of aryl methyl sites for hydroxylation is 2. The topological polar surface area (TPSA) is 61.9 Å². The molecule has 2 heterocycles. The minimum atomic E-state index is -0.279. The number of benzene rings is 2. The summed E-state index contributed by atoms with van der Waals surface area (Å²) in [7, 11) is 0. The number of nitrogens with zero attached hydrogens (tertiary/aromatic N) is 2. The van der Waals surface area contributed by atoms with Crippen molar-refractivity contribution in [3.05, 3.63) is 70.8 Å². The lowest BCUT2D eigenvalue weighted by Gasteiger charge is -2.25. The number of hydrogen-bond donors (Lipinski definition) is 1. The molecule has 37 heavy (non-hydrogen) atoms. The molecule has 2 saturated carbocycles. The highest BCUT2D eigenvalue weighted by Gasteiger charge is 2.47. The van der Waals surface area contributed by atoms with Gasteiger partial charge in [-0.2, -0.15) is 0 Å². The highest BCUT2D eigenvalue weighted by atomic mass is 16.6. The van der Waals surface area contributed by atoms with E-state index in [1.165, 1.54) is 6.42 Å². The second kappa shape index (κ2) is 10.1. The van der Waals surface area contributed by atoms with Gasteiger partial charge in [0.2, 0.25) is 0 Å². The van der Waals surface area contributed by atoms with Crippen LogP contribution in [0.4, 0.5) is 4.79 Å². The summed E-state index contributed by atoms with van der Waals surface area (Å²) in [5.74, 6) is 2.82. The van der Waals surface area contributed by atoms with Crippen molar-refractivity contribution in [2.75, 3.05) is 32.7 Å². The Morgan fingerprint density at radius 2 is 1.51 bits per heavy atom. The first-order valence-corrected chi connectivity index (χ1v) is 14.0. The average Bonchev–Trinajstić information content (AvgIpc) is 3.18. The van der Waals surface area contributed by atoms with Crippen LogP contribution < -0.4 is 5.32 Å². The molecule has 6 nitrogen and oxygen atoms in total. The lowest BCUT2D eigenvalue weighted by Crippen LogP contribution is -2.36. The molecule has 2 aliphatic heterocycles. The highest BCUT2D eigenvalue weighted by molar-refractivity contribution is 5.97. The largest absolute Gasteiger partial charge is 0.446 e. The Labute approximate surface area is 220 Å². The first kappa shape index (κ1) is 24.5. The molecule has 0 radical (unpaired) electrons. The number of hydrogen-bond acceptors (Lipinski definition) is 4. The zero-order chi connectivity index (χ0) is 25.5. The molecule has 6 heteroatoms. The minimum absolute atomic E-state index is 0.0628. The van der Waals surface area contributed by atoms with Gasteiger partial charge in [-0.1, -0.05) is 48.5 Å². The van der Waals surface area contributed by atoms with E-state index in [1.54, 1.807) is 0 Å². The number of alkyl carbamates (subject to hydrolysis) is 1. The molecule has 4 aliphatic rings. The molecule has 6 rings (SSSR count). The van der Waals surface area contributed by atoms with Gasteiger partial charge in [0.05, 0.1) is 6.04 Å². The average molecular weight is 502 g/mol. The van der Waals surface area contributed by atoms with Crippen molar-refractivity contribution in [1.82, 2.24) is 15.1 Å². The molecule has 2 amide bonds. The van der Waals surface area contributed by atoms with Crippen LogP contribution in [0, 0.1) is 37.5 Å².